The van der Waals surface area contributed by atoms with E-state index in [0.717, 1.165) is 17.5 Å². The van der Waals surface area contributed by atoms with Gasteiger partial charge in [0, 0.05) is 37.8 Å². The Kier molecular flexibility index (Phi) is 10.3. The largest absolute Gasteiger partial charge is 0.493 e. The fourth-order valence-corrected chi connectivity index (χ4v) is 2.94. The summed E-state index contributed by atoms with van der Waals surface area (Å²) in [5, 5.41) is 2.85. The highest BCUT2D eigenvalue weighted by Gasteiger charge is 2.15. The van der Waals surface area contributed by atoms with E-state index in [0.29, 0.717) is 68.7 Å². The zero-order chi connectivity index (χ0) is 23.3. The van der Waals surface area contributed by atoms with E-state index in [2.05, 4.69) is 15.3 Å². The fraction of sp³-hybridized carbons (Fsp3) is 0.500. The summed E-state index contributed by atoms with van der Waals surface area (Å²) in [4.78, 5) is 19.8. The molecular weight excluding hydrogens is 414 g/mol. The highest BCUT2D eigenvalue weighted by molar-refractivity contribution is 5.75. The van der Waals surface area contributed by atoms with E-state index in [1.807, 2.05) is 19.1 Å². The Balaban J connectivity index is 1.92. The van der Waals surface area contributed by atoms with Crippen molar-refractivity contribution >= 4 is 17.7 Å². The number of ether oxygens (including phenoxy) is 4. The third kappa shape index (κ3) is 7.77. The van der Waals surface area contributed by atoms with Crippen molar-refractivity contribution in [3.8, 4) is 17.2 Å². The maximum absolute atomic E-state index is 11.8. The Morgan fingerprint density at radius 2 is 1.81 bits per heavy atom. The minimum absolute atomic E-state index is 0.0356. The first kappa shape index (κ1) is 25.0. The molecule has 5 N–H and O–H groups in total. The molecule has 32 heavy (non-hydrogen) atoms. The van der Waals surface area contributed by atoms with Crippen molar-refractivity contribution < 1.29 is 23.7 Å². The van der Waals surface area contributed by atoms with Crippen LogP contribution in [0.2, 0.25) is 0 Å². The first-order valence-corrected chi connectivity index (χ1v) is 10.6. The molecule has 1 aromatic heterocycles. The standard InChI is InChI=1S/C22H33N5O5/c1-4-8-31-10-6-19(28)25-7-5-9-32-20-17(29-2)12-15(13-18(20)30-3)11-16-14-26-22(24)27-21(16)23/h12-14H,4-11H2,1-3H3,(H,25,28)(H4,23,24,26,27). The van der Waals surface area contributed by atoms with Crippen LogP contribution in [0.4, 0.5) is 11.8 Å². The van der Waals surface area contributed by atoms with E-state index in [1.165, 1.54) is 0 Å². The van der Waals surface area contributed by atoms with Crippen LogP contribution in [0.25, 0.3) is 0 Å². The van der Waals surface area contributed by atoms with E-state index in [9.17, 15) is 4.79 Å². The molecule has 176 valence electrons. The zero-order valence-corrected chi connectivity index (χ0v) is 19.0. The summed E-state index contributed by atoms with van der Waals surface area (Å²) in [5.41, 5.74) is 13.1. The molecule has 0 atom stereocenters. The van der Waals surface area contributed by atoms with Gasteiger partial charge >= 0.3 is 0 Å². The number of carbonyl (C=O) groups is 1. The molecule has 0 aliphatic rings. The maximum Gasteiger partial charge on any atom is 0.222 e. The number of aromatic nitrogens is 2. The lowest BCUT2D eigenvalue weighted by Gasteiger charge is -2.16. The van der Waals surface area contributed by atoms with Crippen LogP contribution in [0.3, 0.4) is 0 Å². The number of rotatable bonds is 14. The second-order valence-corrected chi connectivity index (χ2v) is 7.06. The van der Waals surface area contributed by atoms with Gasteiger partial charge in [0.05, 0.1) is 27.4 Å². The van der Waals surface area contributed by atoms with Gasteiger partial charge in [-0.3, -0.25) is 4.79 Å². The van der Waals surface area contributed by atoms with Crippen LogP contribution in [0, 0.1) is 0 Å². The number of nitrogens with one attached hydrogen (secondary N) is 1. The molecule has 10 heteroatoms. The van der Waals surface area contributed by atoms with E-state index < -0.39 is 0 Å². The molecule has 0 bridgehead atoms. The quantitative estimate of drug-likeness (QED) is 0.370. The number of benzene rings is 1. The smallest absolute Gasteiger partial charge is 0.222 e. The van der Waals surface area contributed by atoms with Crippen molar-refractivity contribution in [2.75, 3.05) is 52.1 Å². The van der Waals surface area contributed by atoms with Crippen molar-refractivity contribution in [3.63, 3.8) is 0 Å². The highest BCUT2D eigenvalue weighted by atomic mass is 16.5. The molecule has 0 saturated carbocycles. The molecule has 0 unspecified atom stereocenters. The molecule has 0 radical (unpaired) electrons. The lowest BCUT2D eigenvalue weighted by Crippen LogP contribution is -2.26. The summed E-state index contributed by atoms with van der Waals surface area (Å²) in [5.74, 6) is 1.99. The Labute approximate surface area is 188 Å². The summed E-state index contributed by atoms with van der Waals surface area (Å²) in [7, 11) is 3.12. The number of nitrogens with two attached hydrogens (primary N) is 2. The molecule has 0 spiro atoms. The average molecular weight is 448 g/mol. The molecule has 0 aliphatic carbocycles. The molecule has 1 aromatic carbocycles. The number of nitrogen functional groups attached to an aromatic ring is 2. The van der Waals surface area contributed by atoms with E-state index in [-0.39, 0.29) is 11.9 Å². The number of carbonyl (C=O) groups excluding carboxylic acids is 1. The van der Waals surface area contributed by atoms with Gasteiger partial charge < -0.3 is 35.7 Å². The summed E-state index contributed by atoms with van der Waals surface area (Å²) in [6, 6.07) is 3.71. The SMILES string of the molecule is CCCOCCC(=O)NCCCOc1c(OC)cc(Cc2cnc(N)nc2N)cc1OC. The van der Waals surface area contributed by atoms with Crippen LogP contribution in [0.1, 0.15) is 37.3 Å². The minimum atomic E-state index is -0.0356. The van der Waals surface area contributed by atoms with Crippen LogP contribution in [0.5, 0.6) is 17.2 Å². The third-order valence-electron chi connectivity index (χ3n) is 4.54. The van der Waals surface area contributed by atoms with Gasteiger partial charge in [-0.15, -0.1) is 0 Å². The van der Waals surface area contributed by atoms with Gasteiger partial charge in [0.2, 0.25) is 17.6 Å². The number of hydrogen-bond acceptors (Lipinski definition) is 9. The predicted octanol–water partition coefficient (Wildman–Crippen LogP) is 1.95. The highest BCUT2D eigenvalue weighted by Crippen LogP contribution is 2.39. The van der Waals surface area contributed by atoms with Crippen molar-refractivity contribution in [1.82, 2.24) is 15.3 Å². The van der Waals surface area contributed by atoms with E-state index in [4.69, 9.17) is 30.4 Å². The Hall–Kier alpha value is -3.27. The van der Waals surface area contributed by atoms with Crippen LogP contribution in [-0.2, 0) is 16.0 Å². The number of nitrogens with zero attached hydrogens (tertiary/aromatic N) is 2. The fourth-order valence-electron chi connectivity index (χ4n) is 2.94. The van der Waals surface area contributed by atoms with Crippen molar-refractivity contribution in [3.05, 3.63) is 29.5 Å². The molecule has 1 amide bonds. The lowest BCUT2D eigenvalue weighted by atomic mass is 10.1. The molecule has 2 aromatic rings. The Bertz CT molecular complexity index is 853. The number of methoxy groups -OCH3 is 2. The Morgan fingerprint density at radius 3 is 2.44 bits per heavy atom. The number of hydrogen-bond donors (Lipinski definition) is 3. The number of anilines is 2. The zero-order valence-electron chi connectivity index (χ0n) is 19.0. The van der Waals surface area contributed by atoms with Crippen LogP contribution in [-0.4, -0.2) is 56.5 Å². The summed E-state index contributed by atoms with van der Waals surface area (Å²) >= 11 is 0. The second-order valence-electron chi connectivity index (χ2n) is 7.06. The number of amides is 1. The van der Waals surface area contributed by atoms with Crippen LogP contribution >= 0.6 is 0 Å². The monoisotopic (exact) mass is 447 g/mol. The van der Waals surface area contributed by atoms with Gasteiger partial charge in [-0.25, -0.2) is 4.98 Å². The van der Waals surface area contributed by atoms with Gasteiger partial charge in [-0.05, 0) is 30.5 Å². The van der Waals surface area contributed by atoms with Gasteiger partial charge in [0.25, 0.3) is 0 Å². The minimum Gasteiger partial charge on any atom is -0.493 e. The summed E-state index contributed by atoms with van der Waals surface area (Å²) in [6.07, 6.45) is 4.01. The van der Waals surface area contributed by atoms with Gasteiger partial charge in [0.1, 0.15) is 5.82 Å². The molecule has 0 aliphatic heterocycles. The van der Waals surface area contributed by atoms with Crippen molar-refractivity contribution in [2.45, 2.75) is 32.6 Å². The Morgan fingerprint density at radius 1 is 1.09 bits per heavy atom. The molecule has 0 fully saturated rings. The van der Waals surface area contributed by atoms with E-state index >= 15 is 0 Å². The maximum atomic E-state index is 11.8. The predicted molar refractivity (Wildman–Crippen MR) is 122 cm³/mol. The first-order valence-electron chi connectivity index (χ1n) is 10.6. The van der Waals surface area contributed by atoms with E-state index in [1.54, 1.807) is 20.4 Å². The average Bonchev–Trinajstić information content (AvgIpc) is 2.78. The first-order chi connectivity index (χ1) is 15.5. The van der Waals surface area contributed by atoms with Crippen LogP contribution in [0.15, 0.2) is 18.3 Å². The third-order valence-corrected chi connectivity index (χ3v) is 4.54. The van der Waals surface area contributed by atoms with Crippen molar-refractivity contribution in [1.29, 1.82) is 0 Å². The van der Waals surface area contributed by atoms with Gasteiger partial charge in [-0.2, -0.15) is 4.98 Å². The van der Waals surface area contributed by atoms with Gasteiger partial charge in [-0.1, -0.05) is 6.92 Å². The molecule has 2 rings (SSSR count). The second kappa shape index (κ2) is 13.2. The van der Waals surface area contributed by atoms with Crippen molar-refractivity contribution in [2.24, 2.45) is 0 Å². The summed E-state index contributed by atoms with van der Waals surface area (Å²) < 4.78 is 22.2. The lowest BCUT2D eigenvalue weighted by molar-refractivity contribution is -0.122. The topological polar surface area (TPSA) is 144 Å². The normalized spacial score (nSPS) is 10.6. The molecule has 1 heterocycles. The summed E-state index contributed by atoms with van der Waals surface area (Å²) in [6.45, 7) is 4.03. The molecule has 0 saturated heterocycles. The molecule has 10 nitrogen and oxygen atoms in total. The van der Waals surface area contributed by atoms with Crippen LogP contribution < -0.4 is 31.0 Å². The van der Waals surface area contributed by atoms with Gasteiger partial charge in [0.15, 0.2) is 11.5 Å². The molecular formula is C22H33N5O5.